The van der Waals surface area contributed by atoms with E-state index in [9.17, 15) is 18.0 Å². The zero-order chi connectivity index (χ0) is 26.4. The van der Waals surface area contributed by atoms with E-state index in [0.717, 1.165) is 5.56 Å². The second-order valence-electron chi connectivity index (χ2n) is 7.77. The fraction of sp³-hybridized carbons (Fsp3) is 0.292. The van der Waals surface area contributed by atoms with Gasteiger partial charge in [-0.25, -0.2) is 18.2 Å². The number of morpholine rings is 1. The number of rotatable bonds is 9. The summed E-state index contributed by atoms with van der Waals surface area (Å²) in [5.41, 5.74) is 1.53. The number of hydrogen-bond acceptors (Lipinski definition) is 10. The summed E-state index contributed by atoms with van der Waals surface area (Å²) < 4.78 is 47.5. The van der Waals surface area contributed by atoms with Crippen molar-refractivity contribution in [3.63, 3.8) is 0 Å². The Kier molecular flexibility index (Phi) is 8.38. The first kappa shape index (κ1) is 26.5. The first-order valence-electron chi connectivity index (χ1n) is 11.1. The van der Waals surface area contributed by atoms with E-state index in [2.05, 4.69) is 10.3 Å². The van der Waals surface area contributed by atoms with Crippen molar-refractivity contribution in [2.45, 2.75) is 4.90 Å². The Labute approximate surface area is 218 Å². The lowest BCUT2D eigenvalue weighted by atomic mass is 10.1. The molecule has 196 valence electrons. The molecule has 0 saturated carbocycles. The first-order chi connectivity index (χ1) is 17.8. The van der Waals surface area contributed by atoms with Gasteiger partial charge >= 0.3 is 5.97 Å². The highest BCUT2D eigenvalue weighted by atomic mass is 32.2. The summed E-state index contributed by atoms with van der Waals surface area (Å²) in [6.45, 7) is 0.693. The monoisotopic (exact) mass is 547 g/mol. The lowest BCUT2D eigenvalue weighted by molar-refractivity contribution is -0.119. The number of aromatic nitrogens is 1. The van der Waals surface area contributed by atoms with Crippen molar-refractivity contribution in [3.05, 3.63) is 53.4 Å². The molecule has 2 aromatic carbocycles. The van der Waals surface area contributed by atoms with Crippen molar-refractivity contribution >= 4 is 38.4 Å². The zero-order valence-electron chi connectivity index (χ0n) is 20.1. The number of nitrogens with zero attached hydrogens (tertiary/aromatic N) is 2. The quantitative estimate of drug-likeness (QED) is 0.401. The third kappa shape index (κ3) is 6.25. The van der Waals surface area contributed by atoms with Gasteiger partial charge in [-0.2, -0.15) is 4.31 Å². The van der Waals surface area contributed by atoms with Crippen LogP contribution in [0.3, 0.4) is 0 Å². The number of hydrogen-bond donors (Lipinski definition) is 1. The summed E-state index contributed by atoms with van der Waals surface area (Å²) in [5, 5.41) is 4.71. The molecule has 0 atom stereocenters. The number of nitrogens with one attached hydrogen (secondary N) is 1. The number of carbonyl (C=O) groups excluding carboxylic acids is 2. The minimum atomic E-state index is -3.67. The molecule has 0 unspecified atom stereocenters. The van der Waals surface area contributed by atoms with Crippen LogP contribution in [-0.2, 0) is 24.3 Å². The van der Waals surface area contributed by atoms with Gasteiger partial charge in [0.1, 0.15) is 0 Å². The van der Waals surface area contributed by atoms with Crippen LogP contribution < -0.4 is 14.8 Å². The van der Waals surface area contributed by atoms with Crippen molar-refractivity contribution in [2.24, 2.45) is 0 Å². The molecule has 1 aliphatic heterocycles. The maximum Gasteiger partial charge on any atom is 0.338 e. The fourth-order valence-electron chi connectivity index (χ4n) is 3.53. The molecule has 1 amide bonds. The van der Waals surface area contributed by atoms with Gasteiger partial charge in [-0.1, -0.05) is 0 Å². The minimum absolute atomic E-state index is 0.0674. The van der Waals surface area contributed by atoms with Crippen molar-refractivity contribution in [2.75, 3.05) is 52.4 Å². The predicted molar refractivity (Wildman–Crippen MR) is 136 cm³/mol. The Morgan fingerprint density at radius 3 is 2.43 bits per heavy atom. The average molecular weight is 548 g/mol. The van der Waals surface area contributed by atoms with Gasteiger partial charge in [0.2, 0.25) is 10.0 Å². The minimum Gasteiger partial charge on any atom is -0.493 e. The molecule has 13 heteroatoms. The zero-order valence-corrected chi connectivity index (χ0v) is 21.8. The molecule has 0 radical (unpaired) electrons. The Morgan fingerprint density at radius 1 is 1.05 bits per heavy atom. The van der Waals surface area contributed by atoms with E-state index in [4.69, 9.17) is 18.9 Å². The van der Waals surface area contributed by atoms with Crippen molar-refractivity contribution in [1.82, 2.24) is 9.29 Å². The number of amides is 1. The van der Waals surface area contributed by atoms with Gasteiger partial charge in [-0.3, -0.25) is 10.1 Å². The van der Waals surface area contributed by atoms with Crippen LogP contribution in [-0.4, -0.2) is 76.7 Å². The van der Waals surface area contributed by atoms with E-state index < -0.39 is 28.5 Å². The second kappa shape index (κ2) is 11.7. The summed E-state index contributed by atoms with van der Waals surface area (Å²) in [6.07, 6.45) is 0. The van der Waals surface area contributed by atoms with Gasteiger partial charge in [0.05, 0.1) is 43.6 Å². The van der Waals surface area contributed by atoms with Crippen LogP contribution in [0.15, 0.2) is 52.7 Å². The molecule has 1 saturated heterocycles. The summed E-state index contributed by atoms with van der Waals surface area (Å²) >= 11 is 1.22. The number of carbonyl (C=O) groups is 2. The number of ether oxygens (including phenoxy) is 4. The smallest absolute Gasteiger partial charge is 0.338 e. The molecule has 37 heavy (non-hydrogen) atoms. The standard InChI is InChI=1S/C24H25N3O8S2/c1-32-20-8-5-17(13-21(20)33-2)19-15-36-24(25-19)26-22(28)14-35-23(29)16-3-6-18(7-4-16)37(30,31)27-9-11-34-12-10-27/h3-8,13,15H,9-12,14H2,1-2H3,(H,25,26,28). The van der Waals surface area contributed by atoms with Gasteiger partial charge < -0.3 is 18.9 Å². The van der Waals surface area contributed by atoms with E-state index in [-0.39, 0.29) is 23.5 Å². The summed E-state index contributed by atoms with van der Waals surface area (Å²) in [4.78, 5) is 29.1. The average Bonchev–Trinajstić information content (AvgIpc) is 3.40. The lowest BCUT2D eigenvalue weighted by Gasteiger charge is -2.26. The molecule has 4 rings (SSSR count). The summed E-state index contributed by atoms with van der Waals surface area (Å²) in [6, 6.07) is 10.7. The van der Waals surface area contributed by atoms with Crippen LogP contribution in [0, 0.1) is 0 Å². The van der Waals surface area contributed by atoms with Gasteiger partial charge in [-0.05, 0) is 42.5 Å². The number of esters is 1. The molecule has 0 aliphatic carbocycles. The Bertz CT molecular complexity index is 1370. The van der Waals surface area contributed by atoms with Crippen LogP contribution in [0.25, 0.3) is 11.3 Å². The van der Waals surface area contributed by atoms with Gasteiger partial charge in [-0.15, -0.1) is 11.3 Å². The van der Waals surface area contributed by atoms with Crippen LogP contribution in [0.4, 0.5) is 5.13 Å². The van der Waals surface area contributed by atoms with Crippen LogP contribution in [0.2, 0.25) is 0 Å². The van der Waals surface area contributed by atoms with Crippen molar-refractivity contribution in [1.29, 1.82) is 0 Å². The van der Waals surface area contributed by atoms with Crippen molar-refractivity contribution in [3.8, 4) is 22.8 Å². The Balaban J connectivity index is 1.31. The molecule has 2 heterocycles. The number of methoxy groups -OCH3 is 2. The summed E-state index contributed by atoms with van der Waals surface area (Å²) in [7, 11) is -0.585. The lowest BCUT2D eigenvalue weighted by Crippen LogP contribution is -2.40. The van der Waals surface area contributed by atoms with Crippen LogP contribution in [0.5, 0.6) is 11.5 Å². The molecule has 1 N–H and O–H groups in total. The Morgan fingerprint density at radius 2 is 1.76 bits per heavy atom. The highest BCUT2D eigenvalue weighted by Crippen LogP contribution is 2.33. The molecule has 1 aliphatic rings. The molecule has 3 aromatic rings. The van der Waals surface area contributed by atoms with E-state index in [1.54, 1.807) is 24.6 Å². The van der Waals surface area contributed by atoms with E-state index in [0.29, 0.717) is 35.5 Å². The highest BCUT2D eigenvalue weighted by molar-refractivity contribution is 7.89. The highest BCUT2D eigenvalue weighted by Gasteiger charge is 2.26. The van der Waals surface area contributed by atoms with E-state index in [1.807, 2.05) is 6.07 Å². The second-order valence-corrected chi connectivity index (χ2v) is 10.6. The van der Waals surface area contributed by atoms with Gasteiger partial charge in [0.15, 0.2) is 23.2 Å². The largest absolute Gasteiger partial charge is 0.493 e. The number of benzene rings is 2. The SMILES string of the molecule is COc1ccc(-c2csc(NC(=O)COC(=O)c3ccc(S(=O)(=O)N4CCOCC4)cc3)n2)cc1OC. The number of anilines is 1. The van der Waals surface area contributed by atoms with Crippen LogP contribution >= 0.6 is 11.3 Å². The first-order valence-corrected chi connectivity index (χ1v) is 13.5. The fourth-order valence-corrected chi connectivity index (χ4v) is 5.67. The molecule has 1 aromatic heterocycles. The molecular weight excluding hydrogens is 522 g/mol. The third-order valence-electron chi connectivity index (χ3n) is 5.46. The predicted octanol–water partition coefficient (Wildman–Crippen LogP) is 2.64. The normalized spacial score (nSPS) is 14.1. The topological polar surface area (TPSA) is 133 Å². The maximum absolute atomic E-state index is 12.7. The van der Waals surface area contributed by atoms with Crippen LogP contribution in [0.1, 0.15) is 10.4 Å². The van der Waals surface area contributed by atoms with Crippen molar-refractivity contribution < 1.29 is 37.0 Å². The molecule has 0 bridgehead atoms. The number of sulfonamides is 1. The van der Waals surface area contributed by atoms with Gasteiger partial charge in [0.25, 0.3) is 5.91 Å². The molecule has 0 spiro atoms. The molecule has 1 fully saturated rings. The molecule has 11 nitrogen and oxygen atoms in total. The van der Waals surface area contributed by atoms with E-state index >= 15 is 0 Å². The molecular formula is C24H25N3O8S2. The third-order valence-corrected chi connectivity index (χ3v) is 8.13. The Hall–Kier alpha value is -3.52. The maximum atomic E-state index is 12.7. The number of thiazole rings is 1. The van der Waals surface area contributed by atoms with Gasteiger partial charge in [0, 0.05) is 24.0 Å². The van der Waals surface area contributed by atoms with E-state index in [1.165, 1.54) is 47.0 Å². The summed E-state index contributed by atoms with van der Waals surface area (Å²) in [5.74, 6) is -0.175.